The van der Waals surface area contributed by atoms with E-state index in [1.54, 1.807) is 0 Å². The SMILES string of the molecule is C[C@@H]1C[C@@H]2CCCC[C@@H]2N1C[C@H](O)CN1CCCC1=O. The van der Waals surface area contributed by atoms with E-state index in [0.29, 0.717) is 25.0 Å². The van der Waals surface area contributed by atoms with Gasteiger partial charge in [-0.15, -0.1) is 0 Å². The van der Waals surface area contributed by atoms with Gasteiger partial charge in [0.2, 0.25) is 5.91 Å². The molecule has 114 valence electrons. The second kappa shape index (κ2) is 6.02. The lowest BCUT2D eigenvalue weighted by molar-refractivity contribution is -0.129. The van der Waals surface area contributed by atoms with Gasteiger partial charge in [-0.1, -0.05) is 12.8 Å². The zero-order valence-electron chi connectivity index (χ0n) is 12.6. The van der Waals surface area contributed by atoms with E-state index in [9.17, 15) is 9.90 Å². The van der Waals surface area contributed by atoms with E-state index in [2.05, 4.69) is 11.8 Å². The quantitative estimate of drug-likeness (QED) is 0.851. The maximum Gasteiger partial charge on any atom is 0.222 e. The van der Waals surface area contributed by atoms with Crippen LogP contribution in [-0.4, -0.2) is 58.6 Å². The molecule has 3 rings (SSSR count). The van der Waals surface area contributed by atoms with Gasteiger partial charge in [-0.05, 0) is 38.5 Å². The zero-order valence-corrected chi connectivity index (χ0v) is 12.6. The van der Waals surface area contributed by atoms with Crippen LogP contribution >= 0.6 is 0 Å². The maximum atomic E-state index is 11.6. The Bertz CT molecular complexity index is 360. The standard InChI is InChI=1S/C16H28N2O2/c1-12-9-13-5-2-3-6-15(13)18(12)11-14(19)10-17-8-4-7-16(17)20/h12-15,19H,2-11H2,1H3/t12-,13+,14-,15+/m1/s1. The minimum atomic E-state index is -0.389. The van der Waals surface area contributed by atoms with Gasteiger partial charge in [0.25, 0.3) is 0 Å². The van der Waals surface area contributed by atoms with Crippen molar-refractivity contribution in [1.82, 2.24) is 9.80 Å². The van der Waals surface area contributed by atoms with Crippen molar-refractivity contribution >= 4 is 5.91 Å². The van der Waals surface area contributed by atoms with Gasteiger partial charge in [-0.25, -0.2) is 0 Å². The van der Waals surface area contributed by atoms with Crippen LogP contribution in [-0.2, 0) is 4.79 Å². The van der Waals surface area contributed by atoms with Crippen LogP contribution in [0.5, 0.6) is 0 Å². The number of aliphatic hydroxyl groups is 1. The maximum absolute atomic E-state index is 11.6. The predicted molar refractivity (Wildman–Crippen MR) is 78.4 cm³/mol. The number of likely N-dealkylation sites (tertiary alicyclic amines) is 2. The van der Waals surface area contributed by atoms with Crippen LogP contribution in [0.25, 0.3) is 0 Å². The van der Waals surface area contributed by atoms with Crippen LogP contribution in [0.1, 0.15) is 51.9 Å². The molecule has 1 N–H and O–H groups in total. The topological polar surface area (TPSA) is 43.8 Å². The van der Waals surface area contributed by atoms with Crippen molar-refractivity contribution in [3.8, 4) is 0 Å². The van der Waals surface area contributed by atoms with E-state index in [-0.39, 0.29) is 12.0 Å². The Labute approximate surface area is 122 Å². The molecule has 1 saturated carbocycles. The molecule has 2 heterocycles. The summed E-state index contributed by atoms with van der Waals surface area (Å²) in [4.78, 5) is 16.0. The third-order valence-corrected chi connectivity index (χ3v) is 5.53. The van der Waals surface area contributed by atoms with Crippen molar-refractivity contribution in [3.63, 3.8) is 0 Å². The van der Waals surface area contributed by atoms with Crippen LogP contribution in [0.4, 0.5) is 0 Å². The van der Waals surface area contributed by atoms with Gasteiger partial charge < -0.3 is 10.0 Å². The molecule has 4 atom stereocenters. The average Bonchev–Trinajstić information content (AvgIpc) is 2.95. The Hall–Kier alpha value is -0.610. The Kier molecular flexibility index (Phi) is 4.32. The van der Waals surface area contributed by atoms with Gasteiger partial charge in [0, 0.05) is 38.1 Å². The molecule has 4 nitrogen and oxygen atoms in total. The highest BCUT2D eigenvalue weighted by atomic mass is 16.3. The first kappa shape index (κ1) is 14.3. The van der Waals surface area contributed by atoms with E-state index in [0.717, 1.165) is 25.4 Å². The summed E-state index contributed by atoms with van der Waals surface area (Å²) in [6.45, 7) is 4.40. The van der Waals surface area contributed by atoms with Crippen LogP contribution in [0.15, 0.2) is 0 Å². The Morgan fingerprint density at radius 2 is 2.05 bits per heavy atom. The van der Waals surface area contributed by atoms with Gasteiger partial charge in [-0.2, -0.15) is 0 Å². The van der Waals surface area contributed by atoms with Gasteiger partial charge in [0.15, 0.2) is 0 Å². The lowest BCUT2D eigenvalue weighted by atomic mass is 9.85. The number of nitrogens with zero attached hydrogens (tertiary/aromatic N) is 2. The van der Waals surface area contributed by atoms with Gasteiger partial charge in [-0.3, -0.25) is 9.69 Å². The molecule has 0 aromatic heterocycles. The number of carbonyl (C=O) groups is 1. The molecule has 20 heavy (non-hydrogen) atoms. The fourth-order valence-corrected chi connectivity index (χ4v) is 4.57. The fourth-order valence-electron chi connectivity index (χ4n) is 4.57. The largest absolute Gasteiger partial charge is 0.390 e. The van der Waals surface area contributed by atoms with Gasteiger partial charge >= 0.3 is 0 Å². The molecule has 0 aromatic carbocycles. The number of β-amino-alcohol motifs (C(OH)–C–C–N with tert-alkyl or cyclic N) is 1. The molecule has 0 radical (unpaired) electrons. The lowest BCUT2D eigenvalue weighted by Gasteiger charge is -2.35. The number of rotatable bonds is 4. The minimum absolute atomic E-state index is 0.217. The van der Waals surface area contributed by atoms with Crippen molar-refractivity contribution in [2.75, 3.05) is 19.6 Å². The lowest BCUT2D eigenvalue weighted by Crippen LogP contribution is -2.46. The Balaban J connectivity index is 1.54. The van der Waals surface area contributed by atoms with Crippen LogP contribution < -0.4 is 0 Å². The number of carbonyl (C=O) groups excluding carboxylic acids is 1. The number of hydrogen-bond donors (Lipinski definition) is 1. The summed E-state index contributed by atoms with van der Waals surface area (Å²) in [5.41, 5.74) is 0. The van der Waals surface area contributed by atoms with Crippen LogP contribution in [0, 0.1) is 5.92 Å². The molecule has 2 saturated heterocycles. The number of fused-ring (bicyclic) bond motifs is 1. The third-order valence-electron chi connectivity index (χ3n) is 5.53. The van der Waals surface area contributed by atoms with Gasteiger partial charge in [0.1, 0.15) is 0 Å². The summed E-state index contributed by atoms with van der Waals surface area (Å²) in [5.74, 6) is 1.06. The first-order valence-electron chi connectivity index (χ1n) is 8.36. The first-order chi connectivity index (χ1) is 9.65. The highest BCUT2D eigenvalue weighted by molar-refractivity contribution is 5.78. The smallest absolute Gasteiger partial charge is 0.222 e. The fraction of sp³-hybridized carbons (Fsp3) is 0.938. The molecule has 0 bridgehead atoms. The third kappa shape index (κ3) is 2.86. The summed E-state index contributed by atoms with van der Waals surface area (Å²) < 4.78 is 0. The van der Waals surface area contributed by atoms with Gasteiger partial charge in [0.05, 0.1) is 6.10 Å². The monoisotopic (exact) mass is 280 g/mol. The zero-order chi connectivity index (χ0) is 14.1. The molecule has 1 aliphatic carbocycles. The van der Waals surface area contributed by atoms with Crippen molar-refractivity contribution in [3.05, 3.63) is 0 Å². The summed E-state index contributed by atoms with van der Waals surface area (Å²) in [6, 6.07) is 1.27. The average molecular weight is 280 g/mol. The second-order valence-electron chi connectivity index (χ2n) is 6.99. The number of hydrogen-bond acceptors (Lipinski definition) is 3. The summed E-state index contributed by atoms with van der Waals surface area (Å²) in [6.07, 6.45) is 7.91. The summed E-state index contributed by atoms with van der Waals surface area (Å²) >= 11 is 0. The highest BCUT2D eigenvalue weighted by Gasteiger charge is 2.40. The van der Waals surface area contributed by atoms with E-state index < -0.39 is 0 Å². The van der Waals surface area contributed by atoms with Crippen molar-refractivity contribution < 1.29 is 9.90 Å². The minimum Gasteiger partial charge on any atom is -0.390 e. The van der Waals surface area contributed by atoms with Crippen molar-refractivity contribution in [2.45, 2.75) is 70.1 Å². The van der Waals surface area contributed by atoms with E-state index >= 15 is 0 Å². The normalized spacial score (nSPS) is 36.4. The van der Waals surface area contributed by atoms with E-state index in [4.69, 9.17) is 0 Å². The van der Waals surface area contributed by atoms with E-state index in [1.165, 1.54) is 32.1 Å². The van der Waals surface area contributed by atoms with E-state index in [1.807, 2.05) is 4.90 Å². The predicted octanol–water partition coefficient (Wildman–Crippen LogP) is 1.62. The molecule has 0 aromatic rings. The first-order valence-corrected chi connectivity index (χ1v) is 8.36. The number of aliphatic hydroxyl groups excluding tert-OH is 1. The molecule has 1 amide bonds. The molecule has 3 aliphatic rings. The highest BCUT2D eigenvalue weighted by Crippen LogP contribution is 2.39. The Morgan fingerprint density at radius 3 is 2.80 bits per heavy atom. The summed E-state index contributed by atoms with van der Waals surface area (Å²) in [7, 11) is 0. The summed E-state index contributed by atoms with van der Waals surface area (Å²) in [5, 5.41) is 10.4. The number of amides is 1. The Morgan fingerprint density at radius 1 is 1.25 bits per heavy atom. The molecular weight excluding hydrogens is 252 g/mol. The van der Waals surface area contributed by atoms with Crippen molar-refractivity contribution in [2.24, 2.45) is 5.92 Å². The second-order valence-corrected chi connectivity index (χ2v) is 6.99. The van der Waals surface area contributed by atoms with Crippen LogP contribution in [0.2, 0.25) is 0 Å². The molecule has 4 heteroatoms. The molecule has 2 aliphatic heterocycles. The van der Waals surface area contributed by atoms with Crippen LogP contribution in [0.3, 0.4) is 0 Å². The van der Waals surface area contributed by atoms with Crippen molar-refractivity contribution in [1.29, 1.82) is 0 Å². The molecular formula is C16H28N2O2. The molecule has 0 unspecified atom stereocenters. The molecule has 0 spiro atoms. The molecule has 3 fully saturated rings.